The lowest BCUT2D eigenvalue weighted by Crippen LogP contribution is -2.44. The molecule has 1 aromatic rings. The van der Waals surface area contributed by atoms with Crippen LogP contribution in [0.25, 0.3) is 0 Å². The third-order valence-electron chi connectivity index (χ3n) is 2.88. The normalized spacial score (nSPS) is 18.7. The number of phenolic OH excluding ortho intramolecular Hbond substituents is 1. The molecule has 1 saturated carbocycles. The zero-order valence-corrected chi connectivity index (χ0v) is 8.61. The highest BCUT2D eigenvalue weighted by Crippen LogP contribution is 2.44. The van der Waals surface area contributed by atoms with E-state index in [0.29, 0.717) is 12.8 Å². The van der Waals surface area contributed by atoms with Gasteiger partial charge in [-0.2, -0.15) is 0 Å². The first kappa shape index (κ1) is 10.6. The molecule has 2 rings (SSSR count). The Balaban J connectivity index is 2.61. The van der Waals surface area contributed by atoms with Crippen molar-refractivity contribution in [2.45, 2.75) is 24.8 Å². The molecule has 1 aromatic carbocycles. The molecule has 0 atom stereocenters. The topological polar surface area (TPSA) is 46.2 Å². The predicted octanol–water partition coefficient (Wildman–Crippen LogP) is 2.66. The summed E-state index contributed by atoms with van der Waals surface area (Å²) < 4.78 is 27.1. The van der Waals surface area contributed by atoms with Crippen molar-refractivity contribution in [3.05, 3.63) is 28.3 Å². The van der Waals surface area contributed by atoms with Gasteiger partial charge in [-0.25, -0.2) is 8.78 Å². The predicted molar refractivity (Wildman–Crippen MR) is 52.7 cm³/mol. The zero-order valence-electron chi connectivity index (χ0n) is 7.86. The highest BCUT2D eigenvalue weighted by molar-refractivity contribution is 6.32. The molecule has 0 unspecified atom stereocenters. The Kier molecular flexibility index (Phi) is 2.35. The maximum absolute atomic E-state index is 13.6. The summed E-state index contributed by atoms with van der Waals surface area (Å²) in [5.74, 6) is -2.38. The van der Waals surface area contributed by atoms with Gasteiger partial charge in [0.1, 0.15) is 16.6 Å². The van der Waals surface area contributed by atoms with Crippen LogP contribution in [0.4, 0.5) is 8.78 Å². The minimum atomic E-state index is -0.967. The van der Waals surface area contributed by atoms with Crippen molar-refractivity contribution >= 4 is 11.6 Å². The van der Waals surface area contributed by atoms with Gasteiger partial charge in [-0.3, -0.25) is 0 Å². The monoisotopic (exact) mass is 233 g/mol. The van der Waals surface area contributed by atoms with E-state index >= 15 is 0 Å². The van der Waals surface area contributed by atoms with E-state index in [9.17, 15) is 8.78 Å². The van der Waals surface area contributed by atoms with Crippen molar-refractivity contribution in [3.63, 3.8) is 0 Å². The highest BCUT2D eigenvalue weighted by atomic mass is 35.5. The molecule has 15 heavy (non-hydrogen) atoms. The summed E-state index contributed by atoms with van der Waals surface area (Å²) in [6, 6.07) is 0.799. The van der Waals surface area contributed by atoms with Gasteiger partial charge in [0, 0.05) is 17.2 Å². The van der Waals surface area contributed by atoms with Crippen molar-refractivity contribution in [2.24, 2.45) is 5.73 Å². The number of hydrogen-bond acceptors (Lipinski definition) is 2. The van der Waals surface area contributed by atoms with Crippen LogP contribution in [0.3, 0.4) is 0 Å². The van der Waals surface area contributed by atoms with Crippen LogP contribution >= 0.6 is 11.6 Å². The number of aromatic hydroxyl groups is 1. The Labute approximate surface area is 90.7 Å². The number of hydrogen-bond donors (Lipinski definition) is 2. The van der Waals surface area contributed by atoms with Crippen LogP contribution in [0.15, 0.2) is 6.07 Å². The van der Waals surface area contributed by atoms with Gasteiger partial charge >= 0.3 is 0 Å². The van der Waals surface area contributed by atoms with Crippen LogP contribution in [0.1, 0.15) is 24.8 Å². The molecule has 82 valence electrons. The number of phenols is 1. The summed E-state index contributed by atoms with van der Waals surface area (Å²) in [5.41, 5.74) is 4.65. The third-order valence-corrected chi connectivity index (χ3v) is 3.24. The molecule has 0 radical (unpaired) electrons. The van der Waals surface area contributed by atoms with Gasteiger partial charge in [0.05, 0.1) is 0 Å². The van der Waals surface area contributed by atoms with Gasteiger partial charge in [-0.05, 0) is 19.3 Å². The van der Waals surface area contributed by atoms with E-state index in [-0.39, 0.29) is 5.56 Å². The van der Waals surface area contributed by atoms with E-state index in [0.717, 1.165) is 12.5 Å². The fourth-order valence-electron chi connectivity index (χ4n) is 1.85. The Morgan fingerprint density at radius 3 is 2.47 bits per heavy atom. The summed E-state index contributed by atoms with van der Waals surface area (Å²) >= 11 is 5.49. The summed E-state index contributed by atoms with van der Waals surface area (Å²) in [4.78, 5) is 0. The zero-order chi connectivity index (χ0) is 11.2. The Morgan fingerprint density at radius 2 is 2.00 bits per heavy atom. The molecular formula is C10H10ClF2NO. The molecule has 3 N–H and O–H groups in total. The molecule has 0 heterocycles. The average Bonchev–Trinajstić information content (AvgIpc) is 2.11. The van der Waals surface area contributed by atoms with Gasteiger partial charge in [0.25, 0.3) is 0 Å². The van der Waals surface area contributed by atoms with Crippen molar-refractivity contribution in [3.8, 4) is 5.75 Å². The quantitative estimate of drug-likeness (QED) is 0.733. The lowest BCUT2D eigenvalue weighted by Gasteiger charge is -2.39. The third kappa shape index (κ3) is 1.48. The van der Waals surface area contributed by atoms with E-state index in [1.807, 2.05) is 0 Å². The number of nitrogens with two attached hydrogens (primary N) is 1. The molecule has 0 aromatic heterocycles. The van der Waals surface area contributed by atoms with Crippen LogP contribution in [-0.2, 0) is 5.54 Å². The van der Waals surface area contributed by atoms with Gasteiger partial charge in [-0.1, -0.05) is 11.6 Å². The van der Waals surface area contributed by atoms with Gasteiger partial charge < -0.3 is 10.8 Å². The van der Waals surface area contributed by atoms with Gasteiger partial charge in [-0.15, -0.1) is 0 Å². The fourth-order valence-corrected chi connectivity index (χ4v) is 2.00. The first-order valence-electron chi connectivity index (χ1n) is 4.61. The lowest BCUT2D eigenvalue weighted by atomic mass is 9.72. The maximum Gasteiger partial charge on any atom is 0.153 e. The molecule has 0 bridgehead atoms. The smallest absolute Gasteiger partial charge is 0.153 e. The molecule has 0 aliphatic heterocycles. The second kappa shape index (κ2) is 3.32. The van der Waals surface area contributed by atoms with Gasteiger partial charge in [0.15, 0.2) is 5.82 Å². The lowest BCUT2D eigenvalue weighted by molar-refractivity contribution is 0.235. The SMILES string of the molecule is NC1(c2c(F)cc(O)c(Cl)c2F)CCC1. The summed E-state index contributed by atoms with van der Waals surface area (Å²) in [6.45, 7) is 0. The highest BCUT2D eigenvalue weighted by Gasteiger charge is 2.40. The Bertz CT molecular complexity index is 418. The molecular weight excluding hydrogens is 224 g/mol. The largest absolute Gasteiger partial charge is 0.506 e. The Hall–Kier alpha value is -0.870. The molecule has 0 saturated heterocycles. The number of rotatable bonds is 1. The van der Waals surface area contributed by atoms with Crippen LogP contribution < -0.4 is 5.73 Å². The van der Waals surface area contributed by atoms with Crippen LogP contribution in [0, 0.1) is 11.6 Å². The summed E-state index contributed by atoms with van der Waals surface area (Å²) in [6.07, 6.45) is 1.90. The second-order valence-corrected chi connectivity index (χ2v) is 4.27. The van der Waals surface area contributed by atoms with E-state index in [1.165, 1.54) is 0 Å². The summed E-state index contributed by atoms with van der Waals surface area (Å²) in [5, 5.41) is 8.64. The standard InChI is InChI=1S/C10H10ClF2NO/c11-8-6(15)4-5(12)7(9(8)13)10(14)2-1-3-10/h4,15H,1-3,14H2. The fraction of sp³-hybridized carbons (Fsp3) is 0.400. The Morgan fingerprint density at radius 1 is 1.40 bits per heavy atom. The molecule has 1 aliphatic carbocycles. The first-order chi connectivity index (χ1) is 6.96. The minimum Gasteiger partial charge on any atom is -0.506 e. The molecule has 0 spiro atoms. The molecule has 2 nitrogen and oxygen atoms in total. The first-order valence-corrected chi connectivity index (χ1v) is 4.99. The van der Waals surface area contributed by atoms with E-state index in [2.05, 4.69) is 0 Å². The second-order valence-electron chi connectivity index (χ2n) is 3.89. The molecule has 5 heteroatoms. The molecule has 0 amide bonds. The van der Waals surface area contributed by atoms with Gasteiger partial charge in [0.2, 0.25) is 0 Å². The summed E-state index contributed by atoms with van der Waals surface area (Å²) in [7, 11) is 0. The number of benzene rings is 1. The van der Waals surface area contributed by atoms with E-state index in [4.69, 9.17) is 22.4 Å². The van der Waals surface area contributed by atoms with Crippen LogP contribution in [0.2, 0.25) is 5.02 Å². The van der Waals surface area contributed by atoms with Crippen molar-refractivity contribution in [2.75, 3.05) is 0 Å². The average molecular weight is 234 g/mol. The van der Waals surface area contributed by atoms with Crippen molar-refractivity contribution in [1.82, 2.24) is 0 Å². The molecule has 1 fully saturated rings. The molecule has 1 aliphatic rings. The van der Waals surface area contributed by atoms with Crippen LogP contribution in [0.5, 0.6) is 5.75 Å². The van der Waals surface area contributed by atoms with E-state index < -0.39 is 27.9 Å². The maximum atomic E-state index is 13.6. The van der Waals surface area contributed by atoms with Crippen LogP contribution in [-0.4, -0.2) is 5.11 Å². The van der Waals surface area contributed by atoms with Crippen molar-refractivity contribution in [1.29, 1.82) is 0 Å². The van der Waals surface area contributed by atoms with Crippen molar-refractivity contribution < 1.29 is 13.9 Å². The van der Waals surface area contributed by atoms with E-state index in [1.54, 1.807) is 0 Å². The number of halogens is 3. The minimum absolute atomic E-state index is 0.212.